The number of halogens is 1. The summed E-state index contributed by atoms with van der Waals surface area (Å²) >= 11 is 8.02. The zero-order valence-electron chi connectivity index (χ0n) is 15.3. The molecule has 0 saturated carbocycles. The van der Waals surface area contributed by atoms with Crippen LogP contribution in [-0.2, 0) is 20.4 Å². The second-order valence-corrected chi connectivity index (χ2v) is 10.4. The van der Waals surface area contributed by atoms with Crippen LogP contribution in [0, 0.1) is 11.3 Å². The summed E-state index contributed by atoms with van der Waals surface area (Å²) in [6, 6.07) is 12.6. The zero-order chi connectivity index (χ0) is 21.7. The Hall–Kier alpha value is -2.65. The first-order valence-corrected chi connectivity index (χ1v) is 12.3. The standard InChI is InChI=1S/C18H13ClN4O4S3/c1-30(25,26)18-23-22-17(29-18)21-16(24)12(9-20)8-14-6-7-15(27-14)28-10-11-2-4-13(19)5-3-11/h2-8H,10H2,1H3,(H,21,22,24)/b12-8-. The van der Waals surface area contributed by atoms with E-state index in [9.17, 15) is 18.5 Å². The number of carbonyl (C=O) groups excluding carboxylic acids is 1. The topological polar surface area (TPSA) is 126 Å². The first kappa shape index (κ1) is 22.0. The van der Waals surface area contributed by atoms with E-state index in [4.69, 9.17) is 16.0 Å². The fraction of sp³-hybridized carbons (Fsp3) is 0.111. The number of furan rings is 1. The van der Waals surface area contributed by atoms with E-state index in [1.807, 2.05) is 24.3 Å². The van der Waals surface area contributed by atoms with Gasteiger partial charge in [-0.25, -0.2) is 8.42 Å². The highest BCUT2D eigenvalue weighted by atomic mass is 35.5. The van der Waals surface area contributed by atoms with Crippen LogP contribution in [0.5, 0.6) is 0 Å². The van der Waals surface area contributed by atoms with E-state index in [0.717, 1.165) is 11.8 Å². The minimum Gasteiger partial charge on any atom is -0.450 e. The van der Waals surface area contributed by atoms with E-state index < -0.39 is 15.7 Å². The molecule has 3 aromatic rings. The number of carbonyl (C=O) groups is 1. The molecule has 12 heteroatoms. The van der Waals surface area contributed by atoms with Crippen molar-refractivity contribution in [3.8, 4) is 6.07 Å². The van der Waals surface area contributed by atoms with Crippen molar-refractivity contribution in [3.05, 3.63) is 58.3 Å². The molecule has 0 spiro atoms. The Balaban J connectivity index is 1.65. The van der Waals surface area contributed by atoms with E-state index in [-0.39, 0.29) is 15.0 Å². The third-order valence-corrected chi connectivity index (χ3v) is 7.23. The first-order chi connectivity index (χ1) is 14.2. The van der Waals surface area contributed by atoms with Crippen LogP contribution in [0.15, 0.2) is 55.8 Å². The van der Waals surface area contributed by atoms with Gasteiger partial charge in [-0.1, -0.05) is 46.8 Å². The molecule has 0 saturated heterocycles. The highest BCUT2D eigenvalue weighted by molar-refractivity contribution is 7.98. The number of nitriles is 1. The van der Waals surface area contributed by atoms with E-state index in [2.05, 4.69) is 15.5 Å². The van der Waals surface area contributed by atoms with Gasteiger partial charge in [0.15, 0.2) is 5.09 Å². The average molecular weight is 481 g/mol. The van der Waals surface area contributed by atoms with E-state index in [1.165, 1.54) is 17.8 Å². The smallest absolute Gasteiger partial charge is 0.268 e. The first-order valence-electron chi connectivity index (χ1n) is 8.18. The van der Waals surface area contributed by atoms with Crippen molar-refractivity contribution in [2.75, 3.05) is 11.6 Å². The van der Waals surface area contributed by atoms with Crippen molar-refractivity contribution in [2.24, 2.45) is 0 Å². The van der Waals surface area contributed by atoms with Crippen LogP contribution in [0.1, 0.15) is 11.3 Å². The SMILES string of the molecule is CS(=O)(=O)c1nnc(NC(=O)/C(C#N)=C\c2ccc(SCc3ccc(Cl)cc3)o2)s1. The van der Waals surface area contributed by atoms with Crippen molar-refractivity contribution >= 4 is 61.7 Å². The molecule has 2 aromatic heterocycles. The van der Waals surface area contributed by atoms with Gasteiger partial charge in [0.2, 0.25) is 19.3 Å². The molecule has 2 heterocycles. The average Bonchev–Trinajstić information content (AvgIpc) is 3.35. The van der Waals surface area contributed by atoms with Crippen LogP contribution in [-0.4, -0.2) is 30.8 Å². The van der Waals surface area contributed by atoms with Gasteiger partial charge in [0.1, 0.15) is 17.4 Å². The third kappa shape index (κ3) is 5.93. The molecular weight excluding hydrogens is 468 g/mol. The Kier molecular flexibility index (Phi) is 6.94. The van der Waals surface area contributed by atoms with E-state index in [0.29, 0.717) is 33.0 Å². The highest BCUT2D eigenvalue weighted by Crippen LogP contribution is 2.27. The molecule has 0 aliphatic rings. The Bertz CT molecular complexity index is 1240. The summed E-state index contributed by atoms with van der Waals surface area (Å²) in [6.45, 7) is 0. The molecule has 1 amide bonds. The molecule has 1 aromatic carbocycles. The van der Waals surface area contributed by atoms with E-state index in [1.54, 1.807) is 18.2 Å². The number of sulfone groups is 1. The fourth-order valence-electron chi connectivity index (χ4n) is 2.09. The molecule has 3 rings (SSSR count). The van der Waals surface area contributed by atoms with Crippen molar-refractivity contribution in [3.63, 3.8) is 0 Å². The lowest BCUT2D eigenvalue weighted by Crippen LogP contribution is -2.13. The van der Waals surface area contributed by atoms with Gasteiger partial charge in [0, 0.05) is 23.1 Å². The normalized spacial score (nSPS) is 11.8. The second kappa shape index (κ2) is 9.44. The Morgan fingerprint density at radius 1 is 1.30 bits per heavy atom. The lowest BCUT2D eigenvalue weighted by molar-refractivity contribution is -0.112. The Morgan fingerprint density at radius 3 is 2.67 bits per heavy atom. The van der Waals surface area contributed by atoms with Crippen LogP contribution in [0.3, 0.4) is 0 Å². The van der Waals surface area contributed by atoms with Crippen LogP contribution in [0.25, 0.3) is 6.08 Å². The van der Waals surface area contributed by atoms with Crippen molar-refractivity contribution in [1.29, 1.82) is 5.26 Å². The number of aromatic nitrogens is 2. The van der Waals surface area contributed by atoms with Crippen molar-refractivity contribution < 1.29 is 17.6 Å². The van der Waals surface area contributed by atoms with Crippen molar-refractivity contribution in [1.82, 2.24) is 10.2 Å². The van der Waals surface area contributed by atoms with Crippen LogP contribution in [0.2, 0.25) is 5.02 Å². The maximum absolute atomic E-state index is 12.3. The lowest BCUT2D eigenvalue weighted by Gasteiger charge is -2.00. The van der Waals surface area contributed by atoms with Gasteiger partial charge in [-0.05, 0) is 29.8 Å². The number of thioether (sulfide) groups is 1. The van der Waals surface area contributed by atoms with Gasteiger partial charge in [0.25, 0.3) is 5.91 Å². The number of hydrogen-bond donors (Lipinski definition) is 1. The molecule has 1 N–H and O–H groups in total. The van der Waals surface area contributed by atoms with Gasteiger partial charge < -0.3 is 4.42 Å². The number of nitrogens with zero attached hydrogens (tertiary/aromatic N) is 3. The number of hydrogen-bond acceptors (Lipinski definition) is 9. The number of amides is 1. The summed E-state index contributed by atoms with van der Waals surface area (Å²) in [7, 11) is -3.53. The molecule has 0 atom stereocenters. The molecule has 30 heavy (non-hydrogen) atoms. The predicted molar refractivity (Wildman–Crippen MR) is 115 cm³/mol. The van der Waals surface area contributed by atoms with Crippen LogP contribution >= 0.6 is 34.7 Å². The molecular formula is C18H13ClN4O4S3. The minimum atomic E-state index is -3.53. The summed E-state index contributed by atoms with van der Waals surface area (Å²) in [4.78, 5) is 12.3. The zero-order valence-corrected chi connectivity index (χ0v) is 18.5. The summed E-state index contributed by atoms with van der Waals surface area (Å²) in [5.74, 6) is 0.244. The van der Waals surface area contributed by atoms with Crippen LogP contribution < -0.4 is 5.32 Å². The predicted octanol–water partition coefficient (Wildman–Crippen LogP) is 4.03. The minimum absolute atomic E-state index is 0.0276. The Labute approximate surface area is 185 Å². The molecule has 0 radical (unpaired) electrons. The molecule has 154 valence electrons. The lowest BCUT2D eigenvalue weighted by atomic mass is 10.2. The van der Waals surface area contributed by atoms with Gasteiger partial charge in [-0.3, -0.25) is 10.1 Å². The van der Waals surface area contributed by atoms with Gasteiger partial charge in [-0.15, -0.1) is 10.2 Å². The summed E-state index contributed by atoms with van der Waals surface area (Å²) in [5.41, 5.74) is 0.843. The van der Waals surface area contributed by atoms with Crippen molar-refractivity contribution in [2.45, 2.75) is 15.2 Å². The maximum atomic E-state index is 12.3. The third-order valence-electron chi connectivity index (χ3n) is 3.49. The monoisotopic (exact) mass is 480 g/mol. The molecule has 0 unspecified atom stereocenters. The summed E-state index contributed by atoms with van der Waals surface area (Å²) in [6.07, 6.45) is 2.28. The summed E-state index contributed by atoms with van der Waals surface area (Å²) < 4.78 is 28.3. The maximum Gasteiger partial charge on any atom is 0.268 e. The van der Waals surface area contributed by atoms with Crippen LogP contribution in [0.4, 0.5) is 5.13 Å². The second-order valence-electron chi connectivity index (χ2n) is 5.84. The number of benzene rings is 1. The highest BCUT2D eigenvalue weighted by Gasteiger charge is 2.18. The molecule has 0 aliphatic heterocycles. The largest absolute Gasteiger partial charge is 0.450 e. The van der Waals surface area contributed by atoms with Gasteiger partial charge >= 0.3 is 0 Å². The molecule has 0 fully saturated rings. The number of nitrogens with one attached hydrogen (secondary N) is 1. The fourth-order valence-corrected chi connectivity index (χ4v) is 4.54. The molecule has 0 bridgehead atoms. The van der Waals surface area contributed by atoms with Gasteiger partial charge in [-0.2, -0.15) is 5.26 Å². The molecule has 0 aliphatic carbocycles. The number of rotatable bonds is 7. The summed E-state index contributed by atoms with van der Waals surface area (Å²) in [5, 5.41) is 20.0. The molecule has 8 nitrogen and oxygen atoms in total. The quantitative estimate of drug-likeness (QED) is 0.232. The van der Waals surface area contributed by atoms with E-state index >= 15 is 0 Å². The Morgan fingerprint density at radius 2 is 2.03 bits per heavy atom. The van der Waals surface area contributed by atoms with Gasteiger partial charge in [0.05, 0.1) is 0 Å². The number of anilines is 1.